The van der Waals surface area contributed by atoms with E-state index in [1.54, 1.807) is 38.4 Å². The lowest BCUT2D eigenvalue weighted by molar-refractivity contribution is -0.161. The van der Waals surface area contributed by atoms with Crippen molar-refractivity contribution in [3.8, 4) is 5.75 Å². The standard InChI is InChI=1S/C21H23FN2O5/c1-21(2,29-17-11-7-15(22)8-12-17)20(27)28-13-18(25)23-16-9-5-14(6-10-16)19(26)24(3)4/h5-12H,13H2,1-4H3,(H,23,25). The first-order chi connectivity index (χ1) is 13.6. The predicted molar refractivity (Wildman–Crippen MR) is 105 cm³/mol. The maximum Gasteiger partial charge on any atom is 0.350 e. The highest BCUT2D eigenvalue weighted by Gasteiger charge is 2.32. The van der Waals surface area contributed by atoms with Gasteiger partial charge < -0.3 is 19.7 Å². The molecule has 2 rings (SSSR count). The number of hydrogen-bond acceptors (Lipinski definition) is 5. The topological polar surface area (TPSA) is 84.9 Å². The zero-order valence-corrected chi connectivity index (χ0v) is 16.7. The number of rotatable bonds is 7. The minimum Gasteiger partial charge on any atom is -0.476 e. The Bertz CT molecular complexity index is 877. The molecular weight excluding hydrogens is 379 g/mol. The van der Waals surface area contributed by atoms with E-state index in [0.717, 1.165) is 0 Å². The van der Waals surface area contributed by atoms with Gasteiger partial charge in [-0.15, -0.1) is 0 Å². The van der Waals surface area contributed by atoms with Gasteiger partial charge in [-0.1, -0.05) is 0 Å². The molecule has 1 N–H and O–H groups in total. The van der Waals surface area contributed by atoms with Crippen molar-refractivity contribution in [2.24, 2.45) is 0 Å². The highest BCUT2D eigenvalue weighted by Crippen LogP contribution is 2.20. The zero-order chi connectivity index (χ0) is 21.6. The Hall–Kier alpha value is -3.42. The molecule has 0 radical (unpaired) electrons. The number of ether oxygens (including phenoxy) is 2. The van der Waals surface area contributed by atoms with Crippen LogP contribution in [0.25, 0.3) is 0 Å². The molecule has 0 atom stereocenters. The van der Waals surface area contributed by atoms with Crippen LogP contribution in [0.3, 0.4) is 0 Å². The predicted octanol–water partition coefficient (Wildman–Crippen LogP) is 2.87. The van der Waals surface area contributed by atoms with E-state index >= 15 is 0 Å². The summed E-state index contributed by atoms with van der Waals surface area (Å²) in [4.78, 5) is 37.5. The third-order valence-electron chi connectivity index (χ3n) is 3.83. The molecule has 29 heavy (non-hydrogen) atoms. The summed E-state index contributed by atoms with van der Waals surface area (Å²) >= 11 is 0. The molecule has 0 aliphatic heterocycles. The summed E-state index contributed by atoms with van der Waals surface area (Å²) in [7, 11) is 3.29. The van der Waals surface area contributed by atoms with Crippen molar-refractivity contribution in [3.05, 3.63) is 59.9 Å². The van der Waals surface area contributed by atoms with Crippen molar-refractivity contribution < 1.29 is 28.2 Å². The summed E-state index contributed by atoms with van der Waals surface area (Å²) in [6, 6.07) is 11.5. The van der Waals surface area contributed by atoms with E-state index in [1.165, 1.54) is 43.0 Å². The van der Waals surface area contributed by atoms with Gasteiger partial charge in [-0.25, -0.2) is 9.18 Å². The minimum absolute atomic E-state index is 0.153. The van der Waals surface area contributed by atoms with Crippen molar-refractivity contribution in [2.45, 2.75) is 19.4 Å². The Morgan fingerprint density at radius 1 is 1.00 bits per heavy atom. The van der Waals surface area contributed by atoms with E-state index in [1.807, 2.05) is 0 Å². The number of anilines is 1. The lowest BCUT2D eigenvalue weighted by Crippen LogP contribution is -2.41. The molecule has 7 nitrogen and oxygen atoms in total. The number of nitrogens with one attached hydrogen (secondary N) is 1. The lowest BCUT2D eigenvalue weighted by Gasteiger charge is -2.24. The molecule has 154 valence electrons. The number of carbonyl (C=O) groups excluding carboxylic acids is 3. The fraction of sp³-hybridized carbons (Fsp3) is 0.286. The number of nitrogens with zero attached hydrogens (tertiary/aromatic N) is 1. The van der Waals surface area contributed by atoms with E-state index in [9.17, 15) is 18.8 Å². The van der Waals surface area contributed by atoms with Crippen LogP contribution in [0.2, 0.25) is 0 Å². The number of hydrogen-bond donors (Lipinski definition) is 1. The van der Waals surface area contributed by atoms with Crippen molar-refractivity contribution in [2.75, 3.05) is 26.0 Å². The monoisotopic (exact) mass is 402 g/mol. The van der Waals surface area contributed by atoms with Crippen molar-refractivity contribution in [1.29, 1.82) is 0 Å². The van der Waals surface area contributed by atoms with Crippen LogP contribution in [0.15, 0.2) is 48.5 Å². The summed E-state index contributed by atoms with van der Waals surface area (Å²) in [6.07, 6.45) is 0. The smallest absolute Gasteiger partial charge is 0.350 e. The summed E-state index contributed by atoms with van der Waals surface area (Å²) in [6.45, 7) is 2.46. The Kier molecular flexibility index (Phi) is 6.93. The molecule has 0 unspecified atom stereocenters. The van der Waals surface area contributed by atoms with E-state index in [4.69, 9.17) is 9.47 Å². The first-order valence-electron chi connectivity index (χ1n) is 8.82. The van der Waals surface area contributed by atoms with Gasteiger partial charge >= 0.3 is 5.97 Å². The maximum atomic E-state index is 13.0. The molecular formula is C21H23FN2O5. The second kappa shape index (κ2) is 9.18. The van der Waals surface area contributed by atoms with Gasteiger partial charge in [0.15, 0.2) is 12.2 Å². The fourth-order valence-electron chi connectivity index (χ4n) is 2.30. The molecule has 0 aromatic heterocycles. The fourth-order valence-corrected chi connectivity index (χ4v) is 2.30. The molecule has 0 saturated carbocycles. The molecule has 0 spiro atoms. The Morgan fingerprint density at radius 3 is 2.14 bits per heavy atom. The van der Waals surface area contributed by atoms with Gasteiger partial charge in [0.2, 0.25) is 0 Å². The van der Waals surface area contributed by atoms with E-state index in [-0.39, 0.29) is 5.91 Å². The van der Waals surface area contributed by atoms with Crippen LogP contribution in [0.4, 0.5) is 10.1 Å². The van der Waals surface area contributed by atoms with Crippen LogP contribution in [0.5, 0.6) is 5.75 Å². The molecule has 0 heterocycles. The minimum atomic E-state index is -1.37. The van der Waals surface area contributed by atoms with Gasteiger partial charge in [-0.05, 0) is 62.4 Å². The Morgan fingerprint density at radius 2 is 1.59 bits per heavy atom. The highest BCUT2D eigenvalue weighted by atomic mass is 19.1. The van der Waals surface area contributed by atoms with Crippen LogP contribution < -0.4 is 10.1 Å². The summed E-state index contributed by atoms with van der Waals surface area (Å²) in [5.74, 6) is -1.56. The van der Waals surface area contributed by atoms with Gasteiger partial charge in [0.1, 0.15) is 11.6 Å². The van der Waals surface area contributed by atoms with Crippen molar-refractivity contribution in [3.63, 3.8) is 0 Å². The number of halogens is 1. The molecule has 0 bridgehead atoms. The molecule has 2 aromatic rings. The SMILES string of the molecule is CN(C)C(=O)c1ccc(NC(=O)COC(=O)C(C)(C)Oc2ccc(F)cc2)cc1. The number of esters is 1. The number of amides is 2. The molecule has 2 amide bonds. The van der Waals surface area contributed by atoms with Gasteiger partial charge in [0.25, 0.3) is 11.8 Å². The molecule has 0 saturated heterocycles. The van der Waals surface area contributed by atoms with Crippen LogP contribution >= 0.6 is 0 Å². The zero-order valence-electron chi connectivity index (χ0n) is 16.7. The Labute approximate surface area is 168 Å². The van der Waals surface area contributed by atoms with Crippen molar-refractivity contribution >= 4 is 23.5 Å². The van der Waals surface area contributed by atoms with Gasteiger partial charge in [0, 0.05) is 25.3 Å². The summed E-state index contributed by atoms with van der Waals surface area (Å²) in [5, 5.41) is 2.58. The van der Waals surface area contributed by atoms with Crippen LogP contribution in [0, 0.1) is 5.82 Å². The molecule has 0 fully saturated rings. The van der Waals surface area contributed by atoms with Crippen molar-refractivity contribution in [1.82, 2.24) is 4.90 Å². The second-order valence-electron chi connectivity index (χ2n) is 6.97. The second-order valence-corrected chi connectivity index (χ2v) is 6.97. The van der Waals surface area contributed by atoms with Gasteiger partial charge in [-0.3, -0.25) is 9.59 Å². The number of benzene rings is 2. The summed E-state index contributed by atoms with van der Waals surface area (Å²) < 4.78 is 23.5. The van der Waals surface area contributed by atoms with Crippen LogP contribution in [0.1, 0.15) is 24.2 Å². The van der Waals surface area contributed by atoms with Gasteiger partial charge in [0.05, 0.1) is 0 Å². The highest BCUT2D eigenvalue weighted by molar-refractivity contribution is 5.96. The average molecular weight is 402 g/mol. The number of carbonyl (C=O) groups is 3. The molecule has 8 heteroatoms. The Balaban J connectivity index is 1.86. The lowest BCUT2D eigenvalue weighted by atomic mass is 10.1. The van der Waals surface area contributed by atoms with E-state index < -0.39 is 29.9 Å². The third kappa shape index (κ3) is 6.31. The molecule has 0 aliphatic rings. The van der Waals surface area contributed by atoms with Crippen LogP contribution in [-0.4, -0.2) is 49.0 Å². The first kappa shape index (κ1) is 21.9. The van der Waals surface area contributed by atoms with E-state index in [2.05, 4.69) is 5.32 Å². The first-order valence-corrected chi connectivity index (χ1v) is 8.82. The largest absolute Gasteiger partial charge is 0.476 e. The average Bonchev–Trinajstić information content (AvgIpc) is 2.67. The third-order valence-corrected chi connectivity index (χ3v) is 3.83. The normalized spacial score (nSPS) is 10.8. The quantitative estimate of drug-likeness (QED) is 0.720. The molecule has 0 aliphatic carbocycles. The van der Waals surface area contributed by atoms with E-state index in [0.29, 0.717) is 17.0 Å². The summed E-state index contributed by atoms with van der Waals surface area (Å²) in [5.41, 5.74) is -0.422. The molecule has 2 aromatic carbocycles. The maximum absolute atomic E-state index is 13.0. The van der Waals surface area contributed by atoms with Crippen LogP contribution in [-0.2, 0) is 14.3 Å². The van der Waals surface area contributed by atoms with Gasteiger partial charge in [-0.2, -0.15) is 0 Å².